The predicted octanol–water partition coefficient (Wildman–Crippen LogP) is 3.38. The Labute approximate surface area is 171 Å². The molecule has 0 spiro atoms. The highest BCUT2D eigenvalue weighted by Crippen LogP contribution is 2.21. The highest BCUT2D eigenvalue weighted by Gasteiger charge is 2.23. The van der Waals surface area contributed by atoms with Crippen molar-refractivity contribution < 1.29 is 17.9 Å². The smallest absolute Gasteiger partial charge is 0.235 e. The van der Waals surface area contributed by atoms with Crippen molar-refractivity contribution in [1.29, 1.82) is 0 Å². The molecule has 0 saturated carbocycles. The molecule has 8 heteroatoms. The van der Waals surface area contributed by atoms with Crippen LogP contribution in [0.1, 0.15) is 30.5 Å². The molecular formula is C20H25ClN2O4S. The molecule has 0 saturated heterocycles. The number of amides is 1. The van der Waals surface area contributed by atoms with Crippen LogP contribution in [0.15, 0.2) is 48.5 Å². The average molecular weight is 425 g/mol. The number of hydrogen-bond donors (Lipinski definition) is 1. The van der Waals surface area contributed by atoms with Gasteiger partial charge in [-0.05, 0) is 35.7 Å². The normalized spacial score (nSPS) is 12.6. The second kappa shape index (κ2) is 9.91. The van der Waals surface area contributed by atoms with E-state index < -0.39 is 10.0 Å². The van der Waals surface area contributed by atoms with E-state index in [2.05, 4.69) is 5.32 Å². The Bertz CT molecular complexity index is 901. The van der Waals surface area contributed by atoms with Gasteiger partial charge in [0.2, 0.25) is 15.9 Å². The molecule has 0 aliphatic rings. The van der Waals surface area contributed by atoms with Crippen LogP contribution in [0, 0.1) is 0 Å². The van der Waals surface area contributed by atoms with E-state index in [1.165, 1.54) is 0 Å². The molecule has 0 heterocycles. The second-order valence-electron chi connectivity index (χ2n) is 6.42. The Kier molecular flexibility index (Phi) is 7.86. The van der Waals surface area contributed by atoms with Crippen molar-refractivity contribution >= 4 is 27.5 Å². The second-order valence-corrected chi connectivity index (χ2v) is 8.81. The maximum atomic E-state index is 12.6. The molecule has 152 valence electrons. The fourth-order valence-corrected chi connectivity index (χ4v) is 3.69. The van der Waals surface area contributed by atoms with E-state index in [0.29, 0.717) is 17.0 Å². The van der Waals surface area contributed by atoms with Crippen LogP contribution in [0.3, 0.4) is 0 Å². The molecule has 6 nitrogen and oxygen atoms in total. The number of ether oxygens (including phenoxy) is 1. The Morgan fingerprint density at radius 3 is 2.36 bits per heavy atom. The number of nitrogens with one attached hydrogen (secondary N) is 1. The summed E-state index contributed by atoms with van der Waals surface area (Å²) >= 11 is 6.13. The number of carbonyl (C=O) groups is 1. The number of halogens is 1. The zero-order valence-corrected chi connectivity index (χ0v) is 17.8. The van der Waals surface area contributed by atoms with Gasteiger partial charge in [0.1, 0.15) is 5.75 Å². The molecule has 1 atom stereocenters. The summed E-state index contributed by atoms with van der Waals surface area (Å²) in [6.07, 6.45) is 1.75. The molecule has 0 radical (unpaired) electrons. The van der Waals surface area contributed by atoms with Crippen molar-refractivity contribution in [3.8, 4) is 5.75 Å². The number of hydrogen-bond acceptors (Lipinski definition) is 4. The lowest BCUT2D eigenvalue weighted by atomic mass is 10.0. The molecule has 0 aromatic heterocycles. The lowest BCUT2D eigenvalue weighted by Crippen LogP contribution is -2.41. The van der Waals surface area contributed by atoms with E-state index >= 15 is 0 Å². The monoisotopic (exact) mass is 424 g/mol. The fourth-order valence-electron chi connectivity index (χ4n) is 2.76. The molecule has 0 aliphatic carbocycles. The van der Waals surface area contributed by atoms with Gasteiger partial charge in [-0.25, -0.2) is 8.42 Å². The minimum absolute atomic E-state index is 0.0330. The van der Waals surface area contributed by atoms with Gasteiger partial charge in [0, 0.05) is 11.6 Å². The number of nitrogens with zero attached hydrogens (tertiary/aromatic N) is 1. The molecule has 1 amide bonds. The number of carbonyl (C=O) groups excluding carboxylic acids is 1. The van der Waals surface area contributed by atoms with Gasteiger partial charge >= 0.3 is 0 Å². The van der Waals surface area contributed by atoms with E-state index in [0.717, 1.165) is 21.9 Å². The van der Waals surface area contributed by atoms with Crippen LogP contribution in [-0.2, 0) is 21.4 Å². The number of sulfonamides is 1. The maximum absolute atomic E-state index is 12.6. The molecule has 2 aromatic carbocycles. The molecule has 0 aliphatic heterocycles. The van der Waals surface area contributed by atoms with Crippen molar-refractivity contribution in [2.75, 3.05) is 19.9 Å². The van der Waals surface area contributed by atoms with Gasteiger partial charge in [-0.15, -0.1) is 0 Å². The van der Waals surface area contributed by atoms with Gasteiger partial charge in [-0.1, -0.05) is 48.9 Å². The number of rotatable bonds is 9. The van der Waals surface area contributed by atoms with Crippen LogP contribution >= 0.6 is 11.6 Å². The summed E-state index contributed by atoms with van der Waals surface area (Å²) in [6.45, 7) is 1.70. The van der Waals surface area contributed by atoms with Crippen LogP contribution in [-0.4, -0.2) is 38.5 Å². The summed E-state index contributed by atoms with van der Waals surface area (Å²) in [5.74, 6) is 0.355. The van der Waals surface area contributed by atoms with Gasteiger partial charge in [0.25, 0.3) is 0 Å². The SMILES string of the molecule is CC[C@@H](NC(=O)CN(Cc1ccccc1Cl)S(C)(=O)=O)c1ccc(OC)cc1. The zero-order valence-electron chi connectivity index (χ0n) is 16.2. The third-order valence-corrected chi connectivity index (χ3v) is 5.92. The van der Waals surface area contributed by atoms with Crippen molar-refractivity contribution in [3.05, 3.63) is 64.7 Å². The lowest BCUT2D eigenvalue weighted by molar-refractivity contribution is -0.122. The summed E-state index contributed by atoms with van der Waals surface area (Å²) < 4.78 is 30.6. The van der Waals surface area contributed by atoms with Gasteiger partial charge < -0.3 is 10.1 Å². The van der Waals surface area contributed by atoms with Gasteiger partial charge in [-0.2, -0.15) is 4.31 Å². The number of benzene rings is 2. The first-order chi connectivity index (χ1) is 13.2. The molecule has 0 unspecified atom stereocenters. The standard InChI is InChI=1S/C20H25ClN2O4S/c1-4-19(15-9-11-17(27-2)12-10-15)22-20(24)14-23(28(3,25)26)13-16-7-5-6-8-18(16)21/h5-12,19H,4,13-14H2,1-3H3,(H,22,24)/t19-/m1/s1. The van der Waals surface area contributed by atoms with Crippen LogP contribution in [0.5, 0.6) is 5.75 Å². The summed E-state index contributed by atoms with van der Waals surface area (Å²) in [5.41, 5.74) is 1.57. The van der Waals surface area contributed by atoms with E-state index in [1.54, 1.807) is 31.4 Å². The first kappa shape index (κ1) is 22.2. The lowest BCUT2D eigenvalue weighted by Gasteiger charge is -2.23. The Hall–Kier alpha value is -2.09. The summed E-state index contributed by atoms with van der Waals surface area (Å²) in [4.78, 5) is 12.6. The minimum Gasteiger partial charge on any atom is -0.497 e. The van der Waals surface area contributed by atoms with Crippen molar-refractivity contribution in [2.24, 2.45) is 0 Å². The van der Waals surface area contributed by atoms with Crippen molar-refractivity contribution in [1.82, 2.24) is 9.62 Å². The first-order valence-corrected chi connectivity index (χ1v) is 11.1. The Morgan fingerprint density at radius 2 is 1.82 bits per heavy atom. The third-order valence-electron chi connectivity index (χ3n) is 4.36. The third kappa shape index (κ3) is 6.22. The van der Waals surface area contributed by atoms with E-state index in [4.69, 9.17) is 16.3 Å². The molecule has 2 rings (SSSR count). The van der Waals surface area contributed by atoms with E-state index in [1.807, 2.05) is 31.2 Å². The largest absolute Gasteiger partial charge is 0.497 e. The van der Waals surface area contributed by atoms with Crippen LogP contribution < -0.4 is 10.1 Å². The minimum atomic E-state index is -3.59. The fraction of sp³-hybridized carbons (Fsp3) is 0.350. The molecule has 2 aromatic rings. The average Bonchev–Trinajstić information content (AvgIpc) is 2.66. The summed E-state index contributed by atoms with van der Waals surface area (Å²) in [5, 5.41) is 3.36. The maximum Gasteiger partial charge on any atom is 0.235 e. The molecule has 1 N–H and O–H groups in total. The van der Waals surface area contributed by atoms with Crippen LogP contribution in [0.25, 0.3) is 0 Å². The zero-order chi connectivity index (χ0) is 20.7. The Morgan fingerprint density at radius 1 is 1.18 bits per heavy atom. The Balaban J connectivity index is 2.10. The summed E-state index contributed by atoms with van der Waals surface area (Å²) in [6, 6.07) is 14.2. The van der Waals surface area contributed by atoms with Gasteiger partial charge in [0.05, 0.1) is 26.0 Å². The van der Waals surface area contributed by atoms with Crippen LogP contribution in [0.4, 0.5) is 0 Å². The predicted molar refractivity (Wildman–Crippen MR) is 111 cm³/mol. The quantitative estimate of drug-likeness (QED) is 0.669. The van der Waals surface area contributed by atoms with Crippen molar-refractivity contribution in [3.63, 3.8) is 0 Å². The van der Waals surface area contributed by atoms with Gasteiger partial charge in [0.15, 0.2) is 0 Å². The summed E-state index contributed by atoms with van der Waals surface area (Å²) in [7, 11) is -2.00. The molecular weight excluding hydrogens is 400 g/mol. The molecule has 0 bridgehead atoms. The highest BCUT2D eigenvalue weighted by atomic mass is 35.5. The van der Waals surface area contributed by atoms with Crippen molar-refractivity contribution in [2.45, 2.75) is 25.9 Å². The van der Waals surface area contributed by atoms with E-state index in [-0.39, 0.29) is 25.0 Å². The topological polar surface area (TPSA) is 75.7 Å². The molecule has 0 fully saturated rings. The highest BCUT2D eigenvalue weighted by molar-refractivity contribution is 7.88. The number of methoxy groups -OCH3 is 1. The first-order valence-electron chi connectivity index (χ1n) is 8.86. The van der Waals surface area contributed by atoms with E-state index in [9.17, 15) is 13.2 Å². The van der Waals surface area contributed by atoms with Gasteiger partial charge in [-0.3, -0.25) is 4.79 Å². The van der Waals surface area contributed by atoms with Crippen LogP contribution in [0.2, 0.25) is 5.02 Å². The molecule has 28 heavy (non-hydrogen) atoms.